The molecular formula is C16H17NO2. The first-order chi connectivity index (χ1) is 9.25. The smallest absolute Gasteiger partial charge is 0.306 e. The van der Waals surface area contributed by atoms with Crippen molar-refractivity contribution >= 4 is 11.7 Å². The molecule has 0 aliphatic carbocycles. The topological polar surface area (TPSA) is 52.3 Å². The summed E-state index contributed by atoms with van der Waals surface area (Å²) in [5.74, 6) is -0.202. The molecule has 0 unspecified atom stereocenters. The molecule has 0 atom stereocenters. The molecule has 3 nitrogen and oxygen atoms in total. The average molecular weight is 255 g/mol. The Morgan fingerprint density at radius 2 is 1.68 bits per heavy atom. The molecule has 2 rings (SSSR count). The van der Waals surface area contributed by atoms with Gasteiger partial charge in [0, 0.05) is 12.1 Å². The molecule has 0 fully saturated rings. The lowest BCUT2D eigenvalue weighted by Crippen LogP contribution is -2.06. The minimum Gasteiger partial charge on any atom is -0.461 e. The number of carbonyl (C=O) groups excluding carboxylic acids is 1. The van der Waals surface area contributed by atoms with Crippen LogP contribution in [0.15, 0.2) is 54.6 Å². The summed E-state index contributed by atoms with van der Waals surface area (Å²) in [6.45, 7) is 0.323. The molecule has 0 spiro atoms. The highest BCUT2D eigenvalue weighted by Crippen LogP contribution is 2.13. The normalized spacial score (nSPS) is 10.1. The van der Waals surface area contributed by atoms with Crippen LogP contribution in [0.4, 0.5) is 5.69 Å². The summed E-state index contributed by atoms with van der Waals surface area (Å²) in [6, 6.07) is 17.2. The molecule has 0 heterocycles. The van der Waals surface area contributed by atoms with Crippen molar-refractivity contribution in [1.29, 1.82) is 0 Å². The molecule has 0 aromatic heterocycles. The van der Waals surface area contributed by atoms with Crippen LogP contribution in [0.25, 0.3) is 0 Å². The van der Waals surface area contributed by atoms with E-state index >= 15 is 0 Å². The Balaban J connectivity index is 1.78. The van der Waals surface area contributed by atoms with Gasteiger partial charge in [-0.1, -0.05) is 48.5 Å². The molecule has 0 amide bonds. The number of hydrogen-bond acceptors (Lipinski definition) is 3. The number of nitrogen functional groups attached to an aromatic ring is 1. The molecule has 0 saturated carbocycles. The number of para-hydroxylation sites is 1. The first-order valence-corrected chi connectivity index (χ1v) is 6.28. The molecule has 0 aliphatic rings. The maximum absolute atomic E-state index is 11.6. The Morgan fingerprint density at radius 1 is 1.00 bits per heavy atom. The fraction of sp³-hybridized carbons (Fsp3) is 0.188. The van der Waals surface area contributed by atoms with E-state index in [1.165, 1.54) is 0 Å². The minimum absolute atomic E-state index is 0.202. The highest BCUT2D eigenvalue weighted by Gasteiger charge is 2.05. The zero-order chi connectivity index (χ0) is 13.5. The predicted molar refractivity (Wildman–Crippen MR) is 75.4 cm³/mol. The number of rotatable bonds is 5. The van der Waals surface area contributed by atoms with E-state index < -0.39 is 0 Å². The van der Waals surface area contributed by atoms with Crippen molar-refractivity contribution in [3.63, 3.8) is 0 Å². The summed E-state index contributed by atoms with van der Waals surface area (Å²) in [7, 11) is 0. The van der Waals surface area contributed by atoms with Gasteiger partial charge in [-0.25, -0.2) is 0 Å². The lowest BCUT2D eigenvalue weighted by Gasteiger charge is -2.06. The number of esters is 1. The lowest BCUT2D eigenvalue weighted by molar-refractivity contribution is -0.144. The third-order valence-corrected chi connectivity index (χ3v) is 2.90. The van der Waals surface area contributed by atoms with Crippen molar-refractivity contribution in [2.45, 2.75) is 19.4 Å². The van der Waals surface area contributed by atoms with Gasteiger partial charge in [0.1, 0.15) is 6.61 Å². The second kappa shape index (κ2) is 6.59. The zero-order valence-corrected chi connectivity index (χ0v) is 10.7. The number of carbonyl (C=O) groups is 1. The molecule has 19 heavy (non-hydrogen) atoms. The predicted octanol–water partition coefficient (Wildman–Crippen LogP) is 2.94. The monoisotopic (exact) mass is 255 g/mol. The van der Waals surface area contributed by atoms with Crippen molar-refractivity contribution in [3.05, 3.63) is 65.7 Å². The van der Waals surface area contributed by atoms with Crippen LogP contribution in [0.3, 0.4) is 0 Å². The van der Waals surface area contributed by atoms with Crippen LogP contribution in [0.5, 0.6) is 0 Å². The Kier molecular flexibility index (Phi) is 4.56. The number of nitrogens with two attached hydrogens (primary N) is 1. The highest BCUT2D eigenvalue weighted by molar-refractivity contribution is 5.70. The van der Waals surface area contributed by atoms with Crippen molar-refractivity contribution in [2.24, 2.45) is 0 Å². The molecule has 3 heteroatoms. The Bertz CT molecular complexity index is 537. The number of anilines is 1. The van der Waals surface area contributed by atoms with Crippen molar-refractivity contribution in [3.8, 4) is 0 Å². The Hall–Kier alpha value is -2.29. The first-order valence-electron chi connectivity index (χ1n) is 6.28. The van der Waals surface area contributed by atoms with E-state index in [0.29, 0.717) is 19.4 Å². The minimum atomic E-state index is -0.202. The average Bonchev–Trinajstić information content (AvgIpc) is 2.45. The molecule has 0 radical (unpaired) electrons. The van der Waals surface area contributed by atoms with Gasteiger partial charge in [0.05, 0.1) is 0 Å². The molecule has 0 saturated heterocycles. The highest BCUT2D eigenvalue weighted by atomic mass is 16.5. The maximum atomic E-state index is 11.6. The number of aryl methyl sites for hydroxylation is 1. The molecule has 2 N–H and O–H groups in total. The van der Waals surface area contributed by atoms with E-state index in [1.807, 2.05) is 54.6 Å². The van der Waals surface area contributed by atoms with Gasteiger partial charge >= 0.3 is 5.97 Å². The quantitative estimate of drug-likeness (QED) is 0.660. The fourth-order valence-electron chi connectivity index (χ4n) is 1.81. The second-order valence-electron chi connectivity index (χ2n) is 4.35. The van der Waals surface area contributed by atoms with Crippen LogP contribution in [0.2, 0.25) is 0 Å². The van der Waals surface area contributed by atoms with Crippen LogP contribution >= 0.6 is 0 Å². The zero-order valence-electron chi connectivity index (χ0n) is 10.7. The molecule has 2 aromatic carbocycles. The second-order valence-corrected chi connectivity index (χ2v) is 4.35. The van der Waals surface area contributed by atoms with E-state index in [1.54, 1.807) is 0 Å². The molecule has 0 bridgehead atoms. The van der Waals surface area contributed by atoms with E-state index in [9.17, 15) is 4.79 Å². The fourth-order valence-corrected chi connectivity index (χ4v) is 1.81. The van der Waals surface area contributed by atoms with Crippen molar-refractivity contribution < 1.29 is 9.53 Å². The number of ether oxygens (including phenoxy) is 1. The largest absolute Gasteiger partial charge is 0.461 e. The van der Waals surface area contributed by atoms with Crippen LogP contribution in [-0.4, -0.2) is 5.97 Å². The van der Waals surface area contributed by atoms with E-state index in [0.717, 1.165) is 16.8 Å². The Morgan fingerprint density at radius 3 is 2.42 bits per heavy atom. The van der Waals surface area contributed by atoms with Gasteiger partial charge in [-0.05, 0) is 23.6 Å². The van der Waals surface area contributed by atoms with Gasteiger partial charge in [0.2, 0.25) is 0 Å². The Labute approximate surface area is 113 Å². The summed E-state index contributed by atoms with van der Waals surface area (Å²) in [5.41, 5.74) is 8.52. The van der Waals surface area contributed by atoms with Gasteiger partial charge in [-0.15, -0.1) is 0 Å². The summed E-state index contributed by atoms with van der Waals surface area (Å²) in [5, 5.41) is 0. The lowest BCUT2D eigenvalue weighted by atomic mass is 10.1. The maximum Gasteiger partial charge on any atom is 0.306 e. The molecule has 2 aromatic rings. The van der Waals surface area contributed by atoms with Crippen molar-refractivity contribution in [1.82, 2.24) is 0 Å². The number of benzene rings is 2. The van der Waals surface area contributed by atoms with Gasteiger partial charge in [0.15, 0.2) is 0 Å². The first kappa shape index (κ1) is 13.1. The summed E-state index contributed by atoms with van der Waals surface area (Å²) >= 11 is 0. The molecule has 0 aliphatic heterocycles. The van der Waals surface area contributed by atoms with E-state index in [-0.39, 0.29) is 5.97 Å². The van der Waals surface area contributed by atoms with Gasteiger partial charge in [-0.3, -0.25) is 4.79 Å². The number of hydrogen-bond donors (Lipinski definition) is 1. The van der Waals surface area contributed by atoms with Crippen LogP contribution in [0.1, 0.15) is 17.5 Å². The van der Waals surface area contributed by atoms with Crippen LogP contribution in [0, 0.1) is 0 Å². The standard InChI is InChI=1S/C16H17NO2/c17-15-9-5-4-8-14(15)10-11-16(18)19-12-13-6-2-1-3-7-13/h1-9H,10-12,17H2. The molecular weight excluding hydrogens is 238 g/mol. The summed E-state index contributed by atoms with van der Waals surface area (Å²) < 4.78 is 5.21. The molecule has 98 valence electrons. The van der Waals surface area contributed by atoms with E-state index in [2.05, 4.69) is 0 Å². The van der Waals surface area contributed by atoms with Gasteiger partial charge in [-0.2, -0.15) is 0 Å². The summed E-state index contributed by atoms with van der Waals surface area (Å²) in [6.07, 6.45) is 0.960. The third-order valence-electron chi connectivity index (χ3n) is 2.90. The van der Waals surface area contributed by atoms with Gasteiger partial charge < -0.3 is 10.5 Å². The van der Waals surface area contributed by atoms with E-state index in [4.69, 9.17) is 10.5 Å². The van der Waals surface area contributed by atoms with Gasteiger partial charge in [0.25, 0.3) is 0 Å². The van der Waals surface area contributed by atoms with Crippen LogP contribution < -0.4 is 5.73 Å². The SMILES string of the molecule is Nc1ccccc1CCC(=O)OCc1ccccc1. The third kappa shape index (κ3) is 4.14. The van der Waals surface area contributed by atoms with Crippen molar-refractivity contribution in [2.75, 3.05) is 5.73 Å². The summed E-state index contributed by atoms with van der Waals surface area (Å²) in [4.78, 5) is 11.6. The van der Waals surface area contributed by atoms with Crippen LogP contribution in [-0.2, 0) is 22.6 Å².